The van der Waals surface area contributed by atoms with Crippen molar-refractivity contribution in [3.63, 3.8) is 0 Å². The number of carbonyl (C=O) groups is 1. The largest absolute Gasteiger partial charge is 0.381 e. The summed E-state index contributed by atoms with van der Waals surface area (Å²) in [4.78, 5) is 17.8. The summed E-state index contributed by atoms with van der Waals surface area (Å²) in [6.45, 7) is 2.45. The molecule has 0 spiro atoms. The third kappa shape index (κ3) is 3.81. The van der Waals surface area contributed by atoms with E-state index in [1.165, 1.54) is 0 Å². The zero-order valence-corrected chi connectivity index (χ0v) is 10.8. The minimum Gasteiger partial charge on any atom is -0.381 e. The van der Waals surface area contributed by atoms with E-state index in [9.17, 15) is 4.79 Å². The van der Waals surface area contributed by atoms with Crippen molar-refractivity contribution in [3.8, 4) is 0 Å². The van der Waals surface area contributed by atoms with Gasteiger partial charge < -0.3 is 9.64 Å². The van der Waals surface area contributed by atoms with Crippen LogP contribution in [0.2, 0.25) is 0 Å². The Hall–Kier alpha value is -1.42. The van der Waals surface area contributed by atoms with E-state index in [1.54, 1.807) is 12.4 Å². The number of hydrogen-bond acceptors (Lipinski definition) is 3. The van der Waals surface area contributed by atoms with Gasteiger partial charge in [-0.2, -0.15) is 0 Å². The molecule has 1 saturated heterocycles. The van der Waals surface area contributed by atoms with E-state index in [4.69, 9.17) is 4.74 Å². The van der Waals surface area contributed by atoms with E-state index in [2.05, 4.69) is 4.98 Å². The van der Waals surface area contributed by atoms with Crippen LogP contribution in [0.1, 0.15) is 18.4 Å². The number of hydrogen-bond donors (Lipinski definition) is 0. The second-order valence-corrected chi connectivity index (χ2v) is 4.86. The van der Waals surface area contributed by atoms with Gasteiger partial charge in [0, 0.05) is 44.9 Å². The first-order valence-corrected chi connectivity index (χ1v) is 6.46. The molecule has 0 radical (unpaired) electrons. The third-order valence-electron chi connectivity index (χ3n) is 3.36. The van der Waals surface area contributed by atoms with Crippen LogP contribution in [0.25, 0.3) is 0 Å². The van der Waals surface area contributed by atoms with Gasteiger partial charge in [-0.3, -0.25) is 9.78 Å². The Morgan fingerprint density at radius 3 is 2.94 bits per heavy atom. The summed E-state index contributed by atoms with van der Waals surface area (Å²) in [6.07, 6.45) is 5.95. The average molecular weight is 248 g/mol. The van der Waals surface area contributed by atoms with Crippen LogP contribution in [0, 0.1) is 5.92 Å². The summed E-state index contributed by atoms with van der Waals surface area (Å²) in [6, 6.07) is 3.91. The third-order valence-corrected chi connectivity index (χ3v) is 3.36. The summed E-state index contributed by atoms with van der Waals surface area (Å²) in [5, 5.41) is 0. The molecule has 1 aliphatic heterocycles. The Bertz CT molecular complexity index is 375. The predicted molar refractivity (Wildman–Crippen MR) is 69.1 cm³/mol. The standard InChI is InChI=1S/C14H20N2O2/c1-16(10-13-6-9-18-11-13)14(17)3-2-12-4-7-15-8-5-12/h4-5,7-8,13H,2-3,6,9-11H2,1H3. The molecule has 4 nitrogen and oxygen atoms in total. The molecule has 1 aromatic rings. The Balaban J connectivity index is 1.73. The molecule has 2 heterocycles. The van der Waals surface area contributed by atoms with Crippen molar-refractivity contribution >= 4 is 5.91 Å². The minimum atomic E-state index is 0.207. The maximum Gasteiger partial charge on any atom is 0.222 e. The predicted octanol–water partition coefficient (Wildman–Crippen LogP) is 1.51. The average Bonchev–Trinajstić information content (AvgIpc) is 2.90. The molecule has 18 heavy (non-hydrogen) atoms. The van der Waals surface area contributed by atoms with Crippen LogP contribution in [0.3, 0.4) is 0 Å². The van der Waals surface area contributed by atoms with Crippen molar-refractivity contribution in [2.45, 2.75) is 19.3 Å². The van der Waals surface area contributed by atoms with E-state index < -0.39 is 0 Å². The molecule has 1 fully saturated rings. The highest BCUT2D eigenvalue weighted by molar-refractivity contribution is 5.76. The monoisotopic (exact) mass is 248 g/mol. The normalized spacial score (nSPS) is 18.8. The molecule has 1 aliphatic rings. The Morgan fingerprint density at radius 1 is 1.50 bits per heavy atom. The van der Waals surface area contributed by atoms with E-state index in [-0.39, 0.29) is 5.91 Å². The fourth-order valence-electron chi connectivity index (χ4n) is 2.21. The zero-order chi connectivity index (χ0) is 12.8. The highest BCUT2D eigenvalue weighted by Crippen LogP contribution is 2.14. The first-order chi connectivity index (χ1) is 8.75. The number of carbonyl (C=O) groups excluding carboxylic acids is 1. The van der Waals surface area contributed by atoms with Crippen LogP contribution in [-0.2, 0) is 16.0 Å². The van der Waals surface area contributed by atoms with Crippen LogP contribution in [-0.4, -0.2) is 42.6 Å². The number of rotatable bonds is 5. The zero-order valence-electron chi connectivity index (χ0n) is 10.8. The molecule has 1 unspecified atom stereocenters. The number of nitrogens with zero attached hydrogens (tertiary/aromatic N) is 2. The van der Waals surface area contributed by atoms with E-state index in [0.29, 0.717) is 12.3 Å². The molecule has 0 aromatic carbocycles. The van der Waals surface area contributed by atoms with E-state index in [1.807, 2.05) is 24.1 Å². The number of amides is 1. The summed E-state index contributed by atoms with van der Waals surface area (Å²) < 4.78 is 5.32. The van der Waals surface area contributed by atoms with Gasteiger partial charge in [0.2, 0.25) is 5.91 Å². The Kier molecular flexibility index (Phi) is 4.70. The molecule has 0 N–H and O–H groups in total. The molecule has 0 saturated carbocycles. The van der Waals surface area contributed by atoms with Crippen molar-refractivity contribution in [3.05, 3.63) is 30.1 Å². The van der Waals surface area contributed by atoms with Gasteiger partial charge >= 0.3 is 0 Å². The maximum atomic E-state index is 12.0. The van der Waals surface area contributed by atoms with Crippen LogP contribution < -0.4 is 0 Å². The van der Waals surface area contributed by atoms with Gasteiger partial charge in [-0.1, -0.05) is 0 Å². The van der Waals surface area contributed by atoms with E-state index >= 15 is 0 Å². The highest BCUT2D eigenvalue weighted by Gasteiger charge is 2.19. The highest BCUT2D eigenvalue weighted by atomic mass is 16.5. The Labute approximate surface area is 108 Å². The second-order valence-electron chi connectivity index (χ2n) is 4.86. The molecule has 1 atom stereocenters. The summed E-state index contributed by atoms with van der Waals surface area (Å²) in [7, 11) is 1.88. The number of aryl methyl sites for hydroxylation is 1. The molecule has 4 heteroatoms. The fraction of sp³-hybridized carbons (Fsp3) is 0.571. The molecule has 1 amide bonds. The lowest BCUT2D eigenvalue weighted by Gasteiger charge is -2.20. The molecule has 0 bridgehead atoms. The molecule has 2 rings (SSSR count). The summed E-state index contributed by atoms with van der Waals surface area (Å²) in [5.74, 6) is 0.721. The summed E-state index contributed by atoms with van der Waals surface area (Å²) >= 11 is 0. The second kappa shape index (κ2) is 6.50. The fourth-order valence-corrected chi connectivity index (χ4v) is 2.21. The van der Waals surface area contributed by atoms with Crippen molar-refractivity contribution in [2.75, 3.05) is 26.8 Å². The molecule has 98 valence electrons. The maximum absolute atomic E-state index is 12.0. The van der Waals surface area contributed by atoms with Gasteiger partial charge in [0.25, 0.3) is 0 Å². The van der Waals surface area contributed by atoms with Crippen molar-refractivity contribution < 1.29 is 9.53 Å². The van der Waals surface area contributed by atoms with Crippen LogP contribution in [0.4, 0.5) is 0 Å². The number of pyridine rings is 1. The first-order valence-electron chi connectivity index (χ1n) is 6.46. The molecular weight excluding hydrogens is 228 g/mol. The van der Waals surface area contributed by atoms with Crippen molar-refractivity contribution in [1.82, 2.24) is 9.88 Å². The lowest BCUT2D eigenvalue weighted by atomic mass is 10.1. The molecule has 1 aromatic heterocycles. The van der Waals surface area contributed by atoms with Crippen molar-refractivity contribution in [1.29, 1.82) is 0 Å². The number of ether oxygens (including phenoxy) is 1. The van der Waals surface area contributed by atoms with Crippen LogP contribution in [0.15, 0.2) is 24.5 Å². The molecular formula is C14H20N2O2. The van der Waals surface area contributed by atoms with Crippen LogP contribution in [0.5, 0.6) is 0 Å². The topological polar surface area (TPSA) is 42.4 Å². The van der Waals surface area contributed by atoms with Gasteiger partial charge in [-0.15, -0.1) is 0 Å². The van der Waals surface area contributed by atoms with Gasteiger partial charge in [0.15, 0.2) is 0 Å². The van der Waals surface area contributed by atoms with E-state index in [0.717, 1.165) is 38.2 Å². The van der Waals surface area contributed by atoms with Gasteiger partial charge in [0.1, 0.15) is 0 Å². The van der Waals surface area contributed by atoms with Gasteiger partial charge in [-0.05, 0) is 30.5 Å². The lowest BCUT2D eigenvalue weighted by molar-refractivity contribution is -0.130. The lowest BCUT2D eigenvalue weighted by Crippen LogP contribution is -2.32. The van der Waals surface area contributed by atoms with Crippen molar-refractivity contribution in [2.24, 2.45) is 5.92 Å². The van der Waals surface area contributed by atoms with Gasteiger partial charge in [0.05, 0.1) is 6.61 Å². The van der Waals surface area contributed by atoms with Crippen LogP contribution >= 0.6 is 0 Å². The molecule has 0 aliphatic carbocycles. The quantitative estimate of drug-likeness (QED) is 0.793. The number of aromatic nitrogens is 1. The van der Waals surface area contributed by atoms with Gasteiger partial charge in [-0.25, -0.2) is 0 Å². The Morgan fingerprint density at radius 2 is 2.28 bits per heavy atom. The minimum absolute atomic E-state index is 0.207. The first kappa shape index (κ1) is 13.0. The SMILES string of the molecule is CN(CC1CCOC1)C(=O)CCc1ccncc1. The summed E-state index contributed by atoms with van der Waals surface area (Å²) in [5.41, 5.74) is 1.16. The smallest absolute Gasteiger partial charge is 0.222 e.